The van der Waals surface area contributed by atoms with E-state index in [4.69, 9.17) is 0 Å². The smallest absolute Gasteiger partial charge is 0.322 e. The lowest BCUT2D eigenvalue weighted by atomic mass is 10.2. The van der Waals surface area contributed by atoms with Gasteiger partial charge in [0.05, 0.1) is 16.1 Å². The Labute approximate surface area is 168 Å². The average molecular weight is 393 g/mol. The van der Waals surface area contributed by atoms with Crippen LogP contribution < -0.4 is 10.2 Å². The van der Waals surface area contributed by atoms with Crippen molar-refractivity contribution in [2.75, 3.05) is 36.4 Å². The molecule has 8 nitrogen and oxygen atoms in total. The number of nitrogens with one attached hydrogen (secondary N) is 1. The van der Waals surface area contributed by atoms with Gasteiger partial charge in [-0.2, -0.15) is 0 Å². The van der Waals surface area contributed by atoms with Gasteiger partial charge in [0.15, 0.2) is 0 Å². The van der Waals surface area contributed by atoms with Crippen LogP contribution in [0.4, 0.5) is 21.9 Å². The van der Waals surface area contributed by atoms with Crippen molar-refractivity contribution in [1.29, 1.82) is 0 Å². The van der Waals surface area contributed by atoms with Crippen LogP contribution >= 0.6 is 0 Å². The summed E-state index contributed by atoms with van der Waals surface area (Å²) in [6.07, 6.45) is 1.98. The Morgan fingerprint density at radius 1 is 1.07 bits per heavy atom. The van der Waals surface area contributed by atoms with E-state index in [9.17, 15) is 14.9 Å². The summed E-state index contributed by atoms with van der Waals surface area (Å²) in [6.45, 7) is 5.47. The lowest BCUT2D eigenvalue weighted by Crippen LogP contribution is -2.50. The number of rotatable bonds is 4. The highest BCUT2D eigenvalue weighted by Crippen LogP contribution is 2.26. The van der Waals surface area contributed by atoms with Gasteiger partial charge in [-0.25, -0.2) is 4.79 Å². The molecule has 1 aliphatic heterocycles. The maximum absolute atomic E-state index is 12.8. The number of amides is 2. The molecule has 0 unspecified atom stereocenters. The van der Waals surface area contributed by atoms with Gasteiger partial charge in [0, 0.05) is 62.1 Å². The number of urea groups is 1. The molecule has 2 amide bonds. The number of benzene rings is 2. The number of fused-ring (bicyclic) bond motifs is 1. The molecule has 1 N–H and O–H groups in total. The van der Waals surface area contributed by atoms with Crippen molar-refractivity contribution in [3.63, 3.8) is 0 Å². The Morgan fingerprint density at radius 2 is 1.76 bits per heavy atom. The zero-order chi connectivity index (χ0) is 20.4. The molecule has 3 aromatic rings. The van der Waals surface area contributed by atoms with Crippen molar-refractivity contribution in [2.24, 2.45) is 0 Å². The molecule has 29 heavy (non-hydrogen) atoms. The fourth-order valence-corrected chi connectivity index (χ4v) is 3.76. The molecule has 0 bridgehead atoms. The van der Waals surface area contributed by atoms with Gasteiger partial charge in [-0.1, -0.05) is 18.2 Å². The molecule has 2 heterocycles. The van der Waals surface area contributed by atoms with E-state index in [1.165, 1.54) is 12.1 Å². The summed E-state index contributed by atoms with van der Waals surface area (Å²) in [7, 11) is 0. The van der Waals surface area contributed by atoms with Crippen molar-refractivity contribution < 1.29 is 9.72 Å². The first-order chi connectivity index (χ1) is 14.1. The number of anilines is 2. The number of para-hydroxylation sites is 1. The molecule has 1 saturated heterocycles. The first-order valence-corrected chi connectivity index (χ1v) is 9.70. The number of hydrogen-bond acceptors (Lipinski definition) is 4. The predicted octanol–water partition coefficient (Wildman–Crippen LogP) is 3.92. The van der Waals surface area contributed by atoms with Crippen LogP contribution in [0.25, 0.3) is 10.9 Å². The lowest BCUT2D eigenvalue weighted by molar-refractivity contribution is -0.384. The topological polar surface area (TPSA) is 83.7 Å². The maximum Gasteiger partial charge on any atom is 0.322 e. The second-order valence-corrected chi connectivity index (χ2v) is 7.02. The van der Waals surface area contributed by atoms with E-state index in [1.807, 2.05) is 24.4 Å². The Hall–Kier alpha value is -3.55. The predicted molar refractivity (Wildman–Crippen MR) is 114 cm³/mol. The number of aromatic nitrogens is 1. The van der Waals surface area contributed by atoms with Gasteiger partial charge in [-0.3, -0.25) is 10.1 Å². The van der Waals surface area contributed by atoms with E-state index in [0.717, 1.165) is 28.8 Å². The van der Waals surface area contributed by atoms with Crippen molar-refractivity contribution in [3.05, 3.63) is 64.8 Å². The van der Waals surface area contributed by atoms with Gasteiger partial charge in [0.1, 0.15) is 0 Å². The fraction of sp³-hybridized carbons (Fsp3) is 0.286. The minimum absolute atomic E-state index is 0.0815. The van der Waals surface area contributed by atoms with Gasteiger partial charge in [0.2, 0.25) is 0 Å². The van der Waals surface area contributed by atoms with Crippen LogP contribution in [0.3, 0.4) is 0 Å². The van der Waals surface area contributed by atoms with Gasteiger partial charge in [-0.15, -0.1) is 0 Å². The van der Waals surface area contributed by atoms with Crippen molar-refractivity contribution in [3.8, 4) is 0 Å². The maximum atomic E-state index is 12.8. The molecule has 1 fully saturated rings. The summed E-state index contributed by atoms with van der Waals surface area (Å²) < 4.78 is 2.12. The summed E-state index contributed by atoms with van der Waals surface area (Å²) in [4.78, 5) is 27.1. The SMILES string of the molecule is CCn1cc(NC(=O)N2CCN(c3ccc([N+](=O)[O-])cc3)CC2)c2ccccc21. The summed E-state index contributed by atoms with van der Waals surface area (Å²) in [5, 5.41) is 14.9. The number of non-ortho nitro benzene ring substituents is 1. The van der Waals surface area contributed by atoms with E-state index in [-0.39, 0.29) is 11.7 Å². The molecule has 0 saturated carbocycles. The quantitative estimate of drug-likeness (QED) is 0.538. The molecule has 4 rings (SSSR count). The van der Waals surface area contributed by atoms with Crippen molar-refractivity contribution in [1.82, 2.24) is 9.47 Å². The highest BCUT2D eigenvalue weighted by atomic mass is 16.6. The molecule has 0 radical (unpaired) electrons. The first kappa shape index (κ1) is 18.8. The highest BCUT2D eigenvalue weighted by Gasteiger charge is 2.22. The van der Waals surface area contributed by atoms with Crippen LogP contribution in [0.5, 0.6) is 0 Å². The Morgan fingerprint density at radius 3 is 2.41 bits per heavy atom. The van der Waals surface area contributed by atoms with Crippen molar-refractivity contribution in [2.45, 2.75) is 13.5 Å². The number of hydrogen-bond donors (Lipinski definition) is 1. The number of carbonyl (C=O) groups excluding carboxylic acids is 1. The van der Waals surface area contributed by atoms with Crippen LogP contribution in [0, 0.1) is 10.1 Å². The third kappa shape index (κ3) is 3.73. The van der Waals surface area contributed by atoms with Gasteiger partial charge in [0.25, 0.3) is 5.69 Å². The van der Waals surface area contributed by atoms with E-state index >= 15 is 0 Å². The minimum Gasteiger partial charge on any atom is -0.368 e. The van der Waals surface area contributed by atoms with E-state index in [2.05, 4.69) is 27.8 Å². The lowest BCUT2D eigenvalue weighted by Gasteiger charge is -2.36. The second-order valence-electron chi connectivity index (χ2n) is 7.02. The number of nitro benzene ring substituents is 1. The van der Waals surface area contributed by atoms with Crippen LogP contribution in [-0.4, -0.2) is 46.6 Å². The number of carbonyl (C=O) groups is 1. The molecular weight excluding hydrogens is 370 g/mol. The van der Waals surface area contributed by atoms with E-state index in [1.54, 1.807) is 17.0 Å². The number of piperazine rings is 1. The molecule has 0 aliphatic carbocycles. The molecule has 0 spiro atoms. The van der Waals surface area contributed by atoms with E-state index in [0.29, 0.717) is 26.2 Å². The Balaban J connectivity index is 1.40. The number of nitro groups is 1. The molecule has 0 atom stereocenters. The third-order valence-corrected chi connectivity index (χ3v) is 5.36. The summed E-state index contributed by atoms with van der Waals surface area (Å²) in [6, 6.07) is 14.5. The monoisotopic (exact) mass is 393 g/mol. The van der Waals surface area contributed by atoms with Crippen LogP contribution in [-0.2, 0) is 6.54 Å². The molecule has 150 valence electrons. The summed E-state index contributed by atoms with van der Waals surface area (Å²) in [5.41, 5.74) is 2.94. The molecule has 8 heteroatoms. The average Bonchev–Trinajstić information content (AvgIpc) is 3.11. The van der Waals surface area contributed by atoms with Gasteiger partial charge in [-0.05, 0) is 25.1 Å². The standard InChI is InChI=1S/C21H23N5O3/c1-2-23-15-19(18-5-3-4-6-20(18)23)22-21(27)25-13-11-24(12-14-25)16-7-9-17(10-8-16)26(28)29/h3-10,15H,2,11-14H2,1H3,(H,22,27). The number of nitrogens with zero attached hydrogens (tertiary/aromatic N) is 4. The minimum atomic E-state index is -0.401. The van der Waals surface area contributed by atoms with Crippen molar-refractivity contribution >= 4 is 34.0 Å². The number of aryl methyl sites for hydroxylation is 1. The highest BCUT2D eigenvalue weighted by molar-refractivity contribution is 6.01. The van der Waals surface area contributed by atoms with Crippen LogP contribution in [0.15, 0.2) is 54.7 Å². The Bertz CT molecular complexity index is 1040. The second kappa shape index (κ2) is 7.83. The molecule has 1 aromatic heterocycles. The summed E-state index contributed by atoms with van der Waals surface area (Å²) >= 11 is 0. The van der Waals surface area contributed by atoms with Gasteiger partial charge < -0.3 is 19.7 Å². The zero-order valence-electron chi connectivity index (χ0n) is 16.2. The molecule has 2 aromatic carbocycles. The third-order valence-electron chi connectivity index (χ3n) is 5.36. The van der Waals surface area contributed by atoms with Crippen LogP contribution in [0.1, 0.15) is 6.92 Å². The van der Waals surface area contributed by atoms with Crippen LogP contribution in [0.2, 0.25) is 0 Å². The molecular formula is C21H23N5O3. The normalized spacial score (nSPS) is 14.2. The zero-order valence-corrected chi connectivity index (χ0v) is 16.2. The van der Waals surface area contributed by atoms with E-state index < -0.39 is 4.92 Å². The first-order valence-electron chi connectivity index (χ1n) is 9.70. The summed E-state index contributed by atoms with van der Waals surface area (Å²) in [5.74, 6) is 0. The molecule has 1 aliphatic rings. The fourth-order valence-electron chi connectivity index (χ4n) is 3.76. The largest absolute Gasteiger partial charge is 0.368 e. The Kier molecular flexibility index (Phi) is 5.07. The van der Waals surface area contributed by atoms with Gasteiger partial charge >= 0.3 is 6.03 Å².